The lowest BCUT2D eigenvalue weighted by atomic mass is 9.65. The van der Waals surface area contributed by atoms with Crippen LogP contribution in [0.25, 0.3) is 0 Å². The molecule has 1 aromatic rings. The summed E-state index contributed by atoms with van der Waals surface area (Å²) < 4.78 is 1.09. The highest BCUT2D eigenvalue weighted by atomic mass is 79.9. The van der Waals surface area contributed by atoms with Crippen LogP contribution in [0.4, 0.5) is 0 Å². The van der Waals surface area contributed by atoms with E-state index >= 15 is 0 Å². The molecule has 2 saturated carbocycles. The molecule has 2 aliphatic rings. The zero-order chi connectivity index (χ0) is 16.4. The second-order valence-corrected chi connectivity index (χ2v) is 8.36. The first-order valence-corrected chi connectivity index (χ1v) is 9.62. The minimum absolute atomic E-state index is 0. The van der Waals surface area contributed by atoms with Gasteiger partial charge in [0.2, 0.25) is 5.91 Å². The fraction of sp³-hybridized carbons (Fsp3) is 0.632. The van der Waals surface area contributed by atoms with E-state index in [9.17, 15) is 4.79 Å². The highest BCUT2D eigenvalue weighted by Gasteiger charge is 2.40. The number of carbonyl (C=O) groups excluding carboxylic acids is 1. The van der Waals surface area contributed by atoms with E-state index in [-0.39, 0.29) is 30.3 Å². The van der Waals surface area contributed by atoms with E-state index in [2.05, 4.69) is 40.3 Å². The van der Waals surface area contributed by atoms with E-state index in [4.69, 9.17) is 5.73 Å². The summed E-state index contributed by atoms with van der Waals surface area (Å²) in [6.07, 6.45) is 6.52. The number of fused-ring (bicyclic) bond motifs is 2. The molecule has 1 amide bonds. The number of rotatable bonds is 4. The number of amides is 1. The van der Waals surface area contributed by atoms with Gasteiger partial charge in [-0.1, -0.05) is 34.5 Å². The van der Waals surface area contributed by atoms with Crippen LogP contribution in [0, 0.1) is 17.8 Å². The fourth-order valence-corrected chi connectivity index (χ4v) is 4.88. The zero-order valence-corrected chi connectivity index (χ0v) is 16.6. The highest BCUT2D eigenvalue weighted by molar-refractivity contribution is 9.10. The quantitative estimate of drug-likeness (QED) is 0.778. The molecule has 3 atom stereocenters. The third-order valence-electron chi connectivity index (χ3n) is 5.60. The van der Waals surface area contributed by atoms with Gasteiger partial charge in [0.25, 0.3) is 0 Å². The van der Waals surface area contributed by atoms with Crippen molar-refractivity contribution in [3.8, 4) is 0 Å². The maximum atomic E-state index is 12.6. The Labute approximate surface area is 159 Å². The Balaban J connectivity index is 0.00000208. The van der Waals surface area contributed by atoms with Gasteiger partial charge in [0, 0.05) is 22.5 Å². The molecule has 0 radical (unpaired) electrons. The number of nitrogens with one attached hydrogen (secondary N) is 1. The third kappa shape index (κ3) is 4.74. The molecular weight excluding hydrogens is 388 g/mol. The second-order valence-electron chi connectivity index (χ2n) is 7.44. The third-order valence-corrected chi connectivity index (χ3v) is 6.10. The molecule has 3 rings (SSSR count). The largest absolute Gasteiger partial charge is 0.353 e. The lowest BCUT2D eigenvalue weighted by Gasteiger charge is -2.43. The summed E-state index contributed by atoms with van der Waals surface area (Å²) in [6.45, 7) is 2.09. The Morgan fingerprint density at radius 2 is 2.00 bits per heavy atom. The van der Waals surface area contributed by atoms with Crippen LogP contribution in [0.5, 0.6) is 0 Å². The molecule has 3 unspecified atom stereocenters. The molecule has 2 bridgehead atoms. The number of nitrogens with two attached hydrogens (primary N) is 1. The Bertz CT molecular complexity index is 554. The predicted molar refractivity (Wildman–Crippen MR) is 104 cm³/mol. The van der Waals surface area contributed by atoms with Gasteiger partial charge >= 0.3 is 0 Å². The van der Waals surface area contributed by atoms with E-state index in [0.717, 1.165) is 23.7 Å². The van der Waals surface area contributed by atoms with Crippen molar-refractivity contribution in [3.63, 3.8) is 0 Å². The second kappa shape index (κ2) is 8.68. The van der Waals surface area contributed by atoms with E-state index < -0.39 is 0 Å². The molecule has 1 aromatic carbocycles. The lowest BCUT2D eigenvalue weighted by Crippen LogP contribution is -2.50. The Kier molecular flexibility index (Phi) is 7.14. The van der Waals surface area contributed by atoms with Crippen molar-refractivity contribution in [1.82, 2.24) is 5.32 Å². The number of hydrogen-bond acceptors (Lipinski definition) is 2. The summed E-state index contributed by atoms with van der Waals surface area (Å²) in [5.41, 5.74) is 7.57. The van der Waals surface area contributed by atoms with Crippen LogP contribution in [-0.4, -0.2) is 18.0 Å². The van der Waals surface area contributed by atoms with Gasteiger partial charge in [0.15, 0.2) is 0 Å². The molecule has 3 N–H and O–H groups in total. The molecule has 0 aromatic heterocycles. The van der Waals surface area contributed by atoms with Gasteiger partial charge in [-0.25, -0.2) is 0 Å². The maximum Gasteiger partial charge on any atom is 0.223 e. The Hall–Kier alpha value is -0.580. The lowest BCUT2D eigenvalue weighted by molar-refractivity contribution is -0.128. The average Bonchev–Trinajstić information content (AvgIpc) is 2.46. The minimum Gasteiger partial charge on any atom is -0.353 e. The predicted octanol–water partition coefficient (Wildman–Crippen LogP) is 4.07. The van der Waals surface area contributed by atoms with Gasteiger partial charge in [-0.3, -0.25) is 4.79 Å². The number of carbonyl (C=O) groups is 1. The van der Waals surface area contributed by atoms with Crippen molar-refractivity contribution in [2.24, 2.45) is 23.5 Å². The normalized spacial score (nSPS) is 30.1. The summed E-state index contributed by atoms with van der Waals surface area (Å²) in [5.74, 6) is 1.50. The first kappa shape index (κ1) is 19.7. The standard InChI is InChI=1S/C19H27BrN2O.ClH/c1-12(8-13-4-2-7-17(20)9-13)22-19(23)16-10-14-5-3-6-15(11-16)18(14)21;/h2,4,7,9,12,14-16,18H,3,5-6,8,10-11,21H2,1H3,(H,22,23);1H. The van der Waals surface area contributed by atoms with Crippen molar-refractivity contribution >= 4 is 34.2 Å². The average molecular weight is 416 g/mol. The molecule has 2 aliphatic carbocycles. The van der Waals surface area contributed by atoms with E-state index in [0.29, 0.717) is 17.9 Å². The molecule has 24 heavy (non-hydrogen) atoms. The van der Waals surface area contributed by atoms with Crippen molar-refractivity contribution in [2.75, 3.05) is 0 Å². The maximum absolute atomic E-state index is 12.6. The number of halogens is 2. The smallest absolute Gasteiger partial charge is 0.223 e. The minimum atomic E-state index is 0. The number of benzene rings is 1. The van der Waals surface area contributed by atoms with E-state index in [1.54, 1.807) is 0 Å². The molecule has 3 nitrogen and oxygen atoms in total. The molecule has 0 saturated heterocycles. The molecule has 0 heterocycles. The topological polar surface area (TPSA) is 55.1 Å². The Morgan fingerprint density at radius 3 is 2.62 bits per heavy atom. The molecule has 0 spiro atoms. The fourth-order valence-electron chi connectivity index (χ4n) is 4.43. The van der Waals surface area contributed by atoms with E-state index in [1.165, 1.54) is 24.8 Å². The summed E-state index contributed by atoms with van der Waals surface area (Å²) in [5, 5.41) is 3.23. The van der Waals surface area contributed by atoms with Crippen molar-refractivity contribution < 1.29 is 4.79 Å². The van der Waals surface area contributed by atoms with Crippen LogP contribution >= 0.6 is 28.3 Å². The molecule has 5 heteroatoms. The van der Waals surface area contributed by atoms with Crippen LogP contribution in [0.1, 0.15) is 44.6 Å². The molecule has 134 valence electrons. The van der Waals surface area contributed by atoms with Crippen LogP contribution in [-0.2, 0) is 11.2 Å². The van der Waals surface area contributed by atoms with E-state index in [1.807, 2.05) is 12.1 Å². The number of hydrogen-bond donors (Lipinski definition) is 2. The van der Waals surface area contributed by atoms with Crippen LogP contribution in [0.2, 0.25) is 0 Å². The van der Waals surface area contributed by atoms with Crippen molar-refractivity contribution in [3.05, 3.63) is 34.3 Å². The van der Waals surface area contributed by atoms with Gasteiger partial charge in [-0.05, 0) is 68.6 Å². The SMILES string of the molecule is CC(Cc1cccc(Br)c1)NC(=O)C1CC2CCCC(C1)C2N.Cl. The van der Waals surface area contributed by atoms with Crippen LogP contribution in [0.15, 0.2) is 28.7 Å². The van der Waals surface area contributed by atoms with Gasteiger partial charge in [0.05, 0.1) is 0 Å². The monoisotopic (exact) mass is 414 g/mol. The first-order valence-electron chi connectivity index (χ1n) is 8.83. The summed E-state index contributed by atoms with van der Waals surface area (Å²) in [7, 11) is 0. The molecule has 0 aliphatic heterocycles. The molecule has 2 fully saturated rings. The van der Waals surface area contributed by atoms with Gasteiger partial charge in [-0.15, -0.1) is 12.4 Å². The molecular formula is C19H28BrClN2O. The van der Waals surface area contributed by atoms with Crippen molar-refractivity contribution in [2.45, 2.75) is 57.5 Å². The highest BCUT2D eigenvalue weighted by Crippen LogP contribution is 2.41. The Morgan fingerprint density at radius 1 is 1.33 bits per heavy atom. The van der Waals surface area contributed by atoms with Crippen molar-refractivity contribution in [1.29, 1.82) is 0 Å². The first-order chi connectivity index (χ1) is 11.0. The summed E-state index contributed by atoms with van der Waals surface area (Å²) >= 11 is 3.50. The van der Waals surface area contributed by atoms with Gasteiger partial charge < -0.3 is 11.1 Å². The van der Waals surface area contributed by atoms with Crippen LogP contribution in [0.3, 0.4) is 0 Å². The van der Waals surface area contributed by atoms with Crippen LogP contribution < -0.4 is 11.1 Å². The summed E-state index contributed by atoms with van der Waals surface area (Å²) in [4.78, 5) is 12.6. The zero-order valence-electron chi connectivity index (χ0n) is 14.2. The van der Waals surface area contributed by atoms with Gasteiger partial charge in [-0.2, -0.15) is 0 Å². The van der Waals surface area contributed by atoms with Gasteiger partial charge in [0.1, 0.15) is 0 Å². The summed E-state index contributed by atoms with van der Waals surface area (Å²) in [6, 6.07) is 8.78.